The van der Waals surface area contributed by atoms with Crippen LogP contribution in [0, 0.1) is 0 Å². The summed E-state index contributed by atoms with van der Waals surface area (Å²) in [6.07, 6.45) is 10.2. The maximum absolute atomic E-state index is 9.61. The molecule has 3 rings (SSSR count). The summed E-state index contributed by atoms with van der Waals surface area (Å²) in [7, 11) is 1.76. The van der Waals surface area contributed by atoms with Gasteiger partial charge in [-0.2, -0.15) is 4.98 Å². The summed E-state index contributed by atoms with van der Waals surface area (Å²) in [6.45, 7) is 0. The zero-order chi connectivity index (χ0) is 14.7. The van der Waals surface area contributed by atoms with Gasteiger partial charge < -0.3 is 14.4 Å². The first-order valence-corrected chi connectivity index (χ1v) is 8.31. The Labute approximate surface area is 126 Å². The molecule has 2 fully saturated rings. The van der Waals surface area contributed by atoms with Gasteiger partial charge in [0.15, 0.2) is 0 Å². The predicted octanol–water partition coefficient (Wildman–Crippen LogP) is 3.28. The second-order valence-electron chi connectivity index (χ2n) is 6.57. The van der Waals surface area contributed by atoms with E-state index in [1.165, 1.54) is 12.8 Å². The van der Waals surface area contributed by atoms with Crippen LogP contribution in [0.15, 0.2) is 4.52 Å². The predicted molar refractivity (Wildman–Crippen MR) is 77.9 cm³/mol. The summed E-state index contributed by atoms with van der Waals surface area (Å²) < 4.78 is 11.4. The molecule has 1 aromatic heterocycles. The van der Waals surface area contributed by atoms with Crippen LogP contribution in [-0.2, 0) is 10.3 Å². The molecule has 21 heavy (non-hydrogen) atoms. The van der Waals surface area contributed by atoms with Crippen LogP contribution in [-0.4, -0.2) is 28.5 Å². The summed E-state index contributed by atoms with van der Waals surface area (Å²) in [6, 6.07) is 0. The molecule has 0 spiro atoms. The van der Waals surface area contributed by atoms with Crippen molar-refractivity contribution in [3.63, 3.8) is 0 Å². The van der Waals surface area contributed by atoms with Crippen LogP contribution < -0.4 is 0 Å². The van der Waals surface area contributed by atoms with Crippen LogP contribution in [0.3, 0.4) is 0 Å². The van der Waals surface area contributed by atoms with Crippen molar-refractivity contribution in [1.82, 2.24) is 10.1 Å². The maximum atomic E-state index is 9.61. The summed E-state index contributed by atoms with van der Waals surface area (Å²) in [5.41, 5.74) is -0.355. The molecule has 2 aliphatic carbocycles. The van der Waals surface area contributed by atoms with E-state index in [1.807, 2.05) is 0 Å². The van der Waals surface area contributed by atoms with Gasteiger partial charge in [0.25, 0.3) is 0 Å². The topological polar surface area (TPSA) is 68.4 Å². The van der Waals surface area contributed by atoms with Gasteiger partial charge in [-0.15, -0.1) is 0 Å². The molecule has 2 aliphatic rings. The van der Waals surface area contributed by atoms with E-state index in [1.54, 1.807) is 7.11 Å². The van der Waals surface area contributed by atoms with E-state index in [4.69, 9.17) is 9.26 Å². The lowest BCUT2D eigenvalue weighted by molar-refractivity contribution is -0.0365. The molecule has 5 heteroatoms. The quantitative estimate of drug-likeness (QED) is 0.866. The molecule has 2 saturated carbocycles. The Bertz CT molecular complexity index is 444. The molecule has 0 amide bonds. The van der Waals surface area contributed by atoms with Crippen molar-refractivity contribution in [2.24, 2.45) is 0 Å². The highest BCUT2D eigenvalue weighted by atomic mass is 16.5. The highest BCUT2D eigenvalue weighted by molar-refractivity contribution is 5.05. The van der Waals surface area contributed by atoms with Crippen LogP contribution in [0.1, 0.15) is 81.8 Å². The molecule has 0 aromatic carbocycles. The van der Waals surface area contributed by atoms with Crippen LogP contribution in [0.25, 0.3) is 0 Å². The Balaban J connectivity index is 1.76. The van der Waals surface area contributed by atoms with Gasteiger partial charge >= 0.3 is 0 Å². The van der Waals surface area contributed by atoms with Crippen molar-refractivity contribution in [2.75, 3.05) is 7.11 Å². The minimum Gasteiger partial charge on any atom is -0.393 e. The van der Waals surface area contributed by atoms with Crippen molar-refractivity contribution >= 4 is 0 Å². The third kappa shape index (κ3) is 3.14. The number of aromatic nitrogens is 2. The number of nitrogens with zero attached hydrogens (tertiary/aromatic N) is 2. The van der Waals surface area contributed by atoms with E-state index in [0.717, 1.165) is 63.1 Å². The van der Waals surface area contributed by atoms with E-state index in [-0.39, 0.29) is 11.7 Å². The van der Waals surface area contributed by atoms with Gasteiger partial charge in [0, 0.05) is 13.0 Å². The molecule has 0 radical (unpaired) electrons. The lowest BCUT2D eigenvalue weighted by Crippen LogP contribution is -2.29. The molecule has 0 unspecified atom stereocenters. The molecule has 0 bridgehead atoms. The Morgan fingerprint density at radius 1 is 1.10 bits per heavy atom. The molecule has 5 nitrogen and oxygen atoms in total. The normalized spacial score (nSPS) is 30.0. The Morgan fingerprint density at radius 2 is 1.76 bits per heavy atom. The molecule has 0 atom stereocenters. The fourth-order valence-electron chi connectivity index (χ4n) is 3.73. The number of rotatable bonds is 3. The monoisotopic (exact) mass is 294 g/mol. The summed E-state index contributed by atoms with van der Waals surface area (Å²) in [4.78, 5) is 4.68. The van der Waals surface area contributed by atoms with Crippen molar-refractivity contribution < 1.29 is 14.4 Å². The van der Waals surface area contributed by atoms with E-state index < -0.39 is 0 Å². The lowest BCUT2D eigenvalue weighted by Gasteiger charge is -2.27. The fourth-order valence-corrected chi connectivity index (χ4v) is 3.73. The van der Waals surface area contributed by atoms with Gasteiger partial charge in [-0.3, -0.25) is 0 Å². The minimum absolute atomic E-state index is 0.157. The van der Waals surface area contributed by atoms with Crippen LogP contribution in [0.5, 0.6) is 0 Å². The van der Waals surface area contributed by atoms with Gasteiger partial charge in [-0.25, -0.2) is 0 Å². The number of aliphatic hydroxyl groups is 1. The third-order valence-electron chi connectivity index (χ3n) is 5.20. The highest BCUT2D eigenvalue weighted by Gasteiger charge is 2.38. The molecule has 118 valence electrons. The molecular formula is C16H26N2O3. The van der Waals surface area contributed by atoms with Gasteiger partial charge in [-0.1, -0.05) is 30.8 Å². The van der Waals surface area contributed by atoms with Gasteiger partial charge in [0.2, 0.25) is 11.7 Å². The Hall–Kier alpha value is -0.940. The van der Waals surface area contributed by atoms with Gasteiger partial charge in [-0.05, 0) is 38.5 Å². The fraction of sp³-hybridized carbons (Fsp3) is 0.875. The number of aliphatic hydroxyl groups excluding tert-OH is 1. The standard InChI is InChI=1S/C16H26N2O3/c1-20-16(10-4-2-3-5-11-16)15-17-14(21-18-15)12-6-8-13(19)9-7-12/h12-13,19H,2-11H2,1H3. The molecule has 1 aromatic rings. The van der Waals surface area contributed by atoms with Crippen molar-refractivity contribution in [2.45, 2.75) is 81.8 Å². The molecule has 0 aliphatic heterocycles. The summed E-state index contributed by atoms with van der Waals surface area (Å²) in [5, 5.41) is 13.9. The average molecular weight is 294 g/mol. The molecule has 0 saturated heterocycles. The first-order chi connectivity index (χ1) is 10.2. The zero-order valence-electron chi connectivity index (χ0n) is 12.9. The second-order valence-corrected chi connectivity index (χ2v) is 6.57. The van der Waals surface area contributed by atoms with Crippen LogP contribution in [0.2, 0.25) is 0 Å². The van der Waals surface area contributed by atoms with Gasteiger partial charge in [0.05, 0.1) is 6.10 Å². The largest absolute Gasteiger partial charge is 0.393 e. The lowest BCUT2D eigenvalue weighted by atomic mass is 9.87. The number of methoxy groups -OCH3 is 1. The Morgan fingerprint density at radius 3 is 2.38 bits per heavy atom. The van der Waals surface area contributed by atoms with Crippen LogP contribution in [0.4, 0.5) is 0 Å². The SMILES string of the molecule is COC1(c2noc(C3CCC(O)CC3)n2)CCCCCC1. The Kier molecular flexibility index (Phi) is 4.60. The highest BCUT2D eigenvalue weighted by Crippen LogP contribution is 2.39. The smallest absolute Gasteiger partial charge is 0.229 e. The zero-order valence-corrected chi connectivity index (χ0v) is 12.9. The molecule has 1 N–H and O–H groups in total. The van der Waals surface area contributed by atoms with Gasteiger partial charge in [0.1, 0.15) is 5.60 Å². The number of hydrogen-bond donors (Lipinski definition) is 1. The molecular weight excluding hydrogens is 268 g/mol. The number of ether oxygens (including phenoxy) is 1. The first kappa shape index (κ1) is 15.0. The maximum Gasteiger partial charge on any atom is 0.229 e. The van der Waals surface area contributed by atoms with E-state index in [0.29, 0.717) is 5.92 Å². The first-order valence-electron chi connectivity index (χ1n) is 8.31. The van der Waals surface area contributed by atoms with Crippen molar-refractivity contribution in [3.8, 4) is 0 Å². The van der Waals surface area contributed by atoms with E-state index >= 15 is 0 Å². The van der Waals surface area contributed by atoms with Crippen molar-refractivity contribution in [3.05, 3.63) is 11.7 Å². The number of hydrogen-bond acceptors (Lipinski definition) is 5. The summed E-state index contributed by atoms with van der Waals surface area (Å²) in [5.74, 6) is 1.76. The molecule has 1 heterocycles. The van der Waals surface area contributed by atoms with E-state index in [2.05, 4.69) is 10.1 Å². The summed E-state index contributed by atoms with van der Waals surface area (Å²) >= 11 is 0. The van der Waals surface area contributed by atoms with E-state index in [9.17, 15) is 5.11 Å². The second kappa shape index (κ2) is 6.44. The average Bonchev–Trinajstić information content (AvgIpc) is 2.88. The van der Waals surface area contributed by atoms with Crippen LogP contribution >= 0.6 is 0 Å². The minimum atomic E-state index is -0.355. The third-order valence-corrected chi connectivity index (χ3v) is 5.20. The van der Waals surface area contributed by atoms with Crippen molar-refractivity contribution in [1.29, 1.82) is 0 Å².